The molecule has 0 fully saturated rings. The third kappa shape index (κ3) is 20.0. The fraction of sp³-hybridized carbons (Fsp3) is 0.412. The van der Waals surface area contributed by atoms with Crippen molar-refractivity contribution in [3.8, 4) is 5.75 Å². The van der Waals surface area contributed by atoms with Crippen molar-refractivity contribution >= 4 is 80.7 Å². The molecule has 0 bridgehead atoms. The topological polar surface area (TPSA) is 355 Å². The molecule has 2 aromatic heterocycles. The number of anilines is 8. The first-order valence-electron chi connectivity index (χ1n) is 18.2. The maximum atomic E-state index is 12.5. The molecule has 0 saturated heterocycles. The van der Waals surface area contributed by atoms with Crippen LogP contribution in [0, 0.1) is 0 Å². The number of aliphatic hydroxyl groups excluding tert-OH is 4. The second-order valence-corrected chi connectivity index (χ2v) is 14.4. The molecule has 4 rings (SSSR count). The predicted octanol–water partition coefficient (Wildman–Crippen LogP) is -5.77. The van der Waals surface area contributed by atoms with E-state index in [1.807, 2.05) is 0 Å². The van der Waals surface area contributed by atoms with Crippen LogP contribution in [0.2, 0.25) is 0 Å². The van der Waals surface area contributed by atoms with Gasteiger partial charge >= 0.3 is 59.1 Å². The first kappa shape index (κ1) is 54.7. The first-order valence-corrected chi connectivity index (χ1v) is 20.6. The van der Waals surface area contributed by atoms with Crippen molar-refractivity contribution in [2.75, 3.05) is 97.7 Å². The van der Waals surface area contributed by atoms with Gasteiger partial charge in [0.25, 0.3) is 0 Å². The number of aliphatic hydroxyl groups is 4. The summed E-state index contributed by atoms with van der Waals surface area (Å²) in [5.74, 6) is 0.207. The van der Waals surface area contributed by atoms with Gasteiger partial charge in [-0.25, -0.2) is 12.6 Å². The number of nitrogens with one attached hydrogen (secondary N) is 6. The van der Waals surface area contributed by atoms with Crippen molar-refractivity contribution in [1.82, 2.24) is 29.9 Å². The van der Waals surface area contributed by atoms with Crippen molar-refractivity contribution < 1.29 is 115 Å². The normalized spacial score (nSPS) is 12.6. The molecule has 4 aromatic rings. The zero-order chi connectivity index (χ0) is 43.5. The number of hydrogen-bond acceptors (Lipinski definition) is 24. The van der Waals surface area contributed by atoms with Gasteiger partial charge in [0.1, 0.15) is 27.2 Å². The standard InChI is InChI=1S/C34H48N12O12S2.2Na/c1-21(49)19-37-31-41-29(35-9-13-56-15-11-47)43-33(45-31)39-25-7-5-23(27(17-25)58-59(51)52)3-4-24-6-8-26(18-28(24)60(53,54)55)40-34-44-30(36-10-14-57-16-12-48)42-32(46-34)38-20-22(2)50;;/h3-8,17-18,21-22,47-50H,9-16,19-20H2,1-2H3,(H,51,52)(H,53,54,55)(H3,35,37,39,41,43,45)(H3,36,38,40,42,44,46);;/q;2*+1/p-2. The Morgan fingerprint density at radius 1 is 0.677 bits per heavy atom. The summed E-state index contributed by atoms with van der Waals surface area (Å²) >= 11 is -3.03. The molecule has 0 saturated carbocycles. The molecule has 328 valence electrons. The fourth-order valence-corrected chi connectivity index (χ4v) is 5.75. The van der Waals surface area contributed by atoms with E-state index in [1.165, 1.54) is 42.5 Å². The summed E-state index contributed by atoms with van der Waals surface area (Å²) in [6.07, 6.45) is 1.17. The van der Waals surface area contributed by atoms with E-state index in [9.17, 15) is 31.9 Å². The number of ether oxygens (including phenoxy) is 2. The van der Waals surface area contributed by atoms with Crippen LogP contribution in [0.3, 0.4) is 0 Å². The Balaban J connectivity index is 0.00000661. The number of rotatable bonds is 27. The number of aromatic nitrogens is 6. The molecule has 0 spiro atoms. The van der Waals surface area contributed by atoms with Crippen molar-refractivity contribution in [2.24, 2.45) is 0 Å². The third-order valence-corrected chi connectivity index (χ3v) is 8.53. The zero-order valence-corrected chi connectivity index (χ0v) is 40.0. The van der Waals surface area contributed by atoms with Gasteiger partial charge in [0.15, 0.2) is 0 Å². The molecule has 10 N–H and O–H groups in total. The summed E-state index contributed by atoms with van der Waals surface area (Å²) in [5, 5.41) is 54.7. The average molecular weight is 925 g/mol. The molecule has 2 aromatic carbocycles. The summed E-state index contributed by atoms with van der Waals surface area (Å²) in [7, 11) is -5.08. The Morgan fingerprint density at radius 2 is 1.10 bits per heavy atom. The van der Waals surface area contributed by atoms with Gasteiger partial charge in [-0.3, -0.25) is 0 Å². The molecule has 2 heterocycles. The molecular formula is C34H46N12Na2O12S2. The number of hydrogen-bond donors (Lipinski definition) is 10. The molecule has 28 heteroatoms. The molecular weight excluding hydrogens is 879 g/mol. The molecule has 3 unspecified atom stereocenters. The zero-order valence-electron chi connectivity index (χ0n) is 34.4. The summed E-state index contributed by atoms with van der Waals surface area (Å²) < 4.78 is 76.3. The second kappa shape index (κ2) is 28.4. The van der Waals surface area contributed by atoms with E-state index in [1.54, 1.807) is 13.8 Å². The van der Waals surface area contributed by atoms with Gasteiger partial charge in [0.05, 0.1) is 56.7 Å². The fourth-order valence-electron chi connectivity index (χ4n) is 4.76. The SMILES string of the molecule is CC(O)CNc1nc(NCCOCCO)nc(Nc2ccc(C=Cc3ccc(Nc4nc(NCCOCCO)nc(NCC(C)O)n4)cc3S(=O)(=O)[O-])c(OS(=O)[O-])c2)n1.[Na+].[Na+]. The minimum Gasteiger partial charge on any atom is -0.744 e. The van der Waals surface area contributed by atoms with E-state index in [4.69, 9.17) is 23.9 Å². The van der Waals surface area contributed by atoms with Crippen LogP contribution in [0.5, 0.6) is 5.75 Å². The maximum Gasteiger partial charge on any atom is 1.00 e. The van der Waals surface area contributed by atoms with Crippen molar-refractivity contribution in [1.29, 1.82) is 0 Å². The average Bonchev–Trinajstić information content (AvgIpc) is 3.18. The van der Waals surface area contributed by atoms with E-state index in [0.29, 0.717) is 0 Å². The quantitative estimate of drug-likeness (QED) is 0.00876. The van der Waals surface area contributed by atoms with Crippen LogP contribution in [0.25, 0.3) is 12.2 Å². The summed E-state index contributed by atoms with van der Waals surface area (Å²) in [5.41, 5.74) is 0.511. The minimum atomic E-state index is -5.08. The summed E-state index contributed by atoms with van der Waals surface area (Å²) in [4.78, 5) is 25.0. The number of nitrogens with zero attached hydrogens (tertiary/aromatic N) is 6. The van der Waals surface area contributed by atoms with E-state index in [0.717, 1.165) is 6.07 Å². The van der Waals surface area contributed by atoms with Gasteiger partial charge in [-0.2, -0.15) is 29.9 Å². The van der Waals surface area contributed by atoms with Crippen LogP contribution in [-0.2, 0) is 31.0 Å². The van der Waals surface area contributed by atoms with Crippen LogP contribution >= 0.6 is 0 Å². The molecule has 0 aliphatic rings. The van der Waals surface area contributed by atoms with Crippen molar-refractivity contribution in [2.45, 2.75) is 31.0 Å². The Bertz CT molecular complexity index is 2170. The van der Waals surface area contributed by atoms with Gasteiger partial charge in [-0.1, -0.05) is 18.2 Å². The molecule has 0 aliphatic carbocycles. The van der Waals surface area contributed by atoms with E-state index in [-0.39, 0.29) is 189 Å². The molecule has 62 heavy (non-hydrogen) atoms. The van der Waals surface area contributed by atoms with Gasteiger partial charge in [-0.15, -0.1) is 0 Å². The monoisotopic (exact) mass is 924 g/mol. The van der Waals surface area contributed by atoms with Crippen LogP contribution in [0.15, 0.2) is 41.3 Å². The Morgan fingerprint density at radius 3 is 1.53 bits per heavy atom. The van der Waals surface area contributed by atoms with Crippen molar-refractivity contribution in [3.63, 3.8) is 0 Å². The molecule has 3 atom stereocenters. The van der Waals surface area contributed by atoms with Gasteiger partial charge in [-0.05, 0) is 43.7 Å². The first-order chi connectivity index (χ1) is 28.7. The second-order valence-electron chi connectivity index (χ2n) is 12.4. The van der Waals surface area contributed by atoms with Gasteiger partial charge in [0, 0.05) is 49.2 Å². The van der Waals surface area contributed by atoms with E-state index >= 15 is 0 Å². The van der Waals surface area contributed by atoms with E-state index < -0.39 is 38.6 Å². The minimum absolute atomic E-state index is 0. The van der Waals surface area contributed by atoms with E-state index in [2.05, 4.69) is 61.8 Å². The smallest absolute Gasteiger partial charge is 0.744 e. The van der Waals surface area contributed by atoms with Crippen LogP contribution in [0.4, 0.5) is 47.1 Å². The van der Waals surface area contributed by atoms with Crippen LogP contribution in [0.1, 0.15) is 25.0 Å². The Hall–Kier alpha value is -3.42. The number of benzene rings is 2. The van der Waals surface area contributed by atoms with Crippen molar-refractivity contribution in [3.05, 3.63) is 47.5 Å². The molecule has 0 radical (unpaired) electrons. The largest absolute Gasteiger partial charge is 1.00 e. The molecule has 0 amide bonds. The van der Waals surface area contributed by atoms with Gasteiger partial charge < -0.3 is 75.1 Å². The predicted molar refractivity (Wildman–Crippen MR) is 219 cm³/mol. The third-order valence-electron chi connectivity index (χ3n) is 7.32. The Labute approximate surface area is 404 Å². The summed E-state index contributed by atoms with van der Waals surface area (Å²) in [6, 6.07) is 8.18. The van der Waals surface area contributed by atoms with Crippen LogP contribution < -0.4 is 95.2 Å². The molecule has 0 aliphatic heterocycles. The Kier molecular flexibility index (Phi) is 25.1. The summed E-state index contributed by atoms with van der Waals surface area (Å²) in [6.45, 7) is 4.39. The van der Waals surface area contributed by atoms with Crippen LogP contribution in [-0.4, -0.2) is 150 Å². The maximum absolute atomic E-state index is 12.5. The molecule has 24 nitrogen and oxygen atoms in total. The van der Waals surface area contributed by atoms with Gasteiger partial charge in [0.2, 0.25) is 35.7 Å².